The molecule has 0 saturated heterocycles. The Morgan fingerprint density at radius 1 is 1.33 bits per heavy atom. The fourth-order valence-electron chi connectivity index (χ4n) is 1.99. The Bertz CT molecular complexity index is 110. The number of hydrogen-bond acceptors (Lipinski definition) is 2. The zero-order chi connectivity index (χ0) is 8.81. The molecule has 0 spiro atoms. The van der Waals surface area contributed by atoms with Crippen molar-refractivity contribution in [2.45, 2.75) is 51.2 Å². The van der Waals surface area contributed by atoms with Crippen LogP contribution in [0.1, 0.15) is 44.9 Å². The zero-order valence-electron chi connectivity index (χ0n) is 8.09. The van der Waals surface area contributed by atoms with Crippen molar-refractivity contribution in [1.29, 1.82) is 0 Å². The third kappa shape index (κ3) is 3.55. The van der Waals surface area contributed by atoms with Gasteiger partial charge in [-0.3, -0.25) is 0 Å². The van der Waals surface area contributed by atoms with Gasteiger partial charge in [-0.15, -0.1) is 0 Å². The molecule has 1 atom stereocenters. The van der Waals surface area contributed by atoms with Crippen molar-refractivity contribution in [2.24, 2.45) is 11.7 Å². The quantitative estimate of drug-likeness (QED) is 0.659. The van der Waals surface area contributed by atoms with E-state index >= 15 is 0 Å². The molecule has 0 aromatic heterocycles. The summed E-state index contributed by atoms with van der Waals surface area (Å²) in [5, 5.41) is 0. The van der Waals surface area contributed by atoms with Crippen LogP contribution in [0.25, 0.3) is 0 Å². The van der Waals surface area contributed by atoms with Crippen molar-refractivity contribution >= 4 is 0 Å². The maximum atomic E-state index is 5.67. The first-order valence-corrected chi connectivity index (χ1v) is 5.11. The van der Waals surface area contributed by atoms with Gasteiger partial charge >= 0.3 is 0 Å². The number of nitrogens with two attached hydrogens (primary N) is 1. The maximum absolute atomic E-state index is 5.67. The van der Waals surface area contributed by atoms with E-state index in [1.54, 1.807) is 7.11 Å². The van der Waals surface area contributed by atoms with Gasteiger partial charge in [-0.05, 0) is 18.8 Å². The molecule has 1 saturated carbocycles. The Morgan fingerprint density at radius 3 is 2.58 bits per heavy atom. The van der Waals surface area contributed by atoms with Crippen LogP contribution >= 0.6 is 0 Å². The standard InChI is InChI=1S/C10H21NO/c1-12-10(11)8-7-9-5-3-2-4-6-9/h9-10H,2-8,11H2,1H3. The van der Waals surface area contributed by atoms with E-state index in [9.17, 15) is 0 Å². The Labute approximate surface area is 75.5 Å². The Hall–Kier alpha value is -0.0800. The summed E-state index contributed by atoms with van der Waals surface area (Å²) < 4.78 is 5.02. The second-order valence-corrected chi connectivity index (χ2v) is 3.86. The highest BCUT2D eigenvalue weighted by Crippen LogP contribution is 2.27. The molecule has 0 aromatic carbocycles. The molecule has 72 valence electrons. The molecule has 1 rings (SSSR count). The lowest BCUT2D eigenvalue weighted by Crippen LogP contribution is -2.23. The zero-order valence-corrected chi connectivity index (χ0v) is 8.09. The summed E-state index contributed by atoms with van der Waals surface area (Å²) in [5.41, 5.74) is 5.67. The molecule has 0 radical (unpaired) electrons. The molecule has 0 bridgehead atoms. The van der Waals surface area contributed by atoms with Gasteiger partial charge in [0.1, 0.15) is 6.23 Å². The molecule has 1 aliphatic rings. The summed E-state index contributed by atoms with van der Waals surface area (Å²) >= 11 is 0. The van der Waals surface area contributed by atoms with Crippen molar-refractivity contribution in [3.63, 3.8) is 0 Å². The molecular weight excluding hydrogens is 150 g/mol. The topological polar surface area (TPSA) is 35.2 Å². The third-order valence-electron chi connectivity index (χ3n) is 2.89. The molecule has 0 aromatic rings. The highest BCUT2D eigenvalue weighted by atomic mass is 16.5. The highest BCUT2D eigenvalue weighted by Gasteiger charge is 2.14. The minimum absolute atomic E-state index is 0.0353. The van der Waals surface area contributed by atoms with Gasteiger partial charge < -0.3 is 10.5 Å². The predicted molar refractivity (Wildman–Crippen MR) is 50.8 cm³/mol. The van der Waals surface area contributed by atoms with Crippen molar-refractivity contribution in [2.75, 3.05) is 7.11 Å². The van der Waals surface area contributed by atoms with Crippen LogP contribution in [0.15, 0.2) is 0 Å². The molecule has 0 heterocycles. The number of ether oxygens (including phenoxy) is 1. The van der Waals surface area contributed by atoms with Crippen molar-refractivity contribution in [3.8, 4) is 0 Å². The minimum atomic E-state index is -0.0353. The average Bonchev–Trinajstić information content (AvgIpc) is 2.16. The van der Waals surface area contributed by atoms with E-state index in [-0.39, 0.29) is 6.23 Å². The fraction of sp³-hybridized carbons (Fsp3) is 1.00. The minimum Gasteiger partial charge on any atom is -0.367 e. The van der Waals surface area contributed by atoms with E-state index in [2.05, 4.69) is 0 Å². The molecule has 12 heavy (non-hydrogen) atoms. The van der Waals surface area contributed by atoms with Crippen LogP contribution in [0.5, 0.6) is 0 Å². The average molecular weight is 171 g/mol. The van der Waals surface area contributed by atoms with Crippen LogP contribution < -0.4 is 5.73 Å². The Morgan fingerprint density at radius 2 is 2.00 bits per heavy atom. The predicted octanol–water partition coefficient (Wildman–Crippen LogP) is 2.28. The molecule has 1 aliphatic carbocycles. The monoisotopic (exact) mass is 171 g/mol. The second-order valence-electron chi connectivity index (χ2n) is 3.86. The number of methoxy groups -OCH3 is 1. The largest absolute Gasteiger partial charge is 0.367 e. The first-order chi connectivity index (χ1) is 5.83. The summed E-state index contributed by atoms with van der Waals surface area (Å²) in [6.45, 7) is 0. The summed E-state index contributed by atoms with van der Waals surface area (Å²) in [5.74, 6) is 0.931. The third-order valence-corrected chi connectivity index (χ3v) is 2.89. The molecule has 2 N–H and O–H groups in total. The number of hydrogen-bond donors (Lipinski definition) is 1. The van der Waals surface area contributed by atoms with Gasteiger partial charge in [0.05, 0.1) is 0 Å². The lowest BCUT2D eigenvalue weighted by molar-refractivity contribution is 0.0921. The normalized spacial score (nSPS) is 22.5. The maximum Gasteiger partial charge on any atom is 0.105 e. The van der Waals surface area contributed by atoms with Crippen LogP contribution in [-0.2, 0) is 4.74 Å². The van der Waals surface area contributed by atoms with Crippen LogP contribution in [-0.4, -0.2) is 13.3 Å². The first-order valence-electron chi connectivity index (χ1n) is 5.11. The van der Waals surface area contributed by atoms with Gasteiger partial charge in [0.2, 0.25) is 0 Å². The fourth-order valence-corrected chi connectivity index (χ4v) is 1.99. The molecular formula is C10H21NO. The van der Waals surface area contributed by atoms with E-state index in [0.717, 1.165) is 12.3 Å². The van der Waals surface area contributed by atoms with Gasteiger partial charge in [-0.25, -0.2) is 0 Å². The van der Waals surface area contributed by atoms with E-state index in [4.69, 9.17) is 10.5 Å². The van der Waals surface area contributed by atoms with Gasteiger partial charge in [0, 0.05) is 7.11 Å². The summed E-state index contributed by atoms with van der Waals surface area (Å²) in [7, 11) is 1.69. The highest BCUT2D eigenvalue weighted by molar-refractivity contribution is 4.66. The molecule has 0 aliphatic heterocycles. The van der Waals surface area contributed by atoms with Crippen molar-refractivity contribution < 1.29 is 4.74 Å². The summed E-state index contributed by atoms with van der Waals surface area (Å²) in [4.78, 5) is 0. The molecule has 2 heteroatoms. The molecule has 2 nitrogen and oxygen atoms in total. The SMILES string of the molecule is COC(N)CCC1CCCCC1. The van der Waals surface area contributed by atoms with Gasteiger partial charge in [-0.1, -0.05) is 32.1 Å². The smallest absolute Gasteiger partial charge is 0.105 e. The van der Waals surface area contributed by atoms with E-state index in [0.29, 0.717) is 0 Å². The van der Waals surface area contributed by atoms with Crippen molar-refractivity contribution in [1.82, 2.24) is 0 Å². The van der Waals surface area contributed by atoms with Gasteiger partial charge in [0.25, 0.3) is 0 Å². The summed E-state index contributed by atoms with van der Waals surface area (Å²) in [6, 6.07) is 0. The van der Waals surface area contributed by atoms with Crippen LogP contribution in [0.4, 0.5) is 0 Å². The Kier molecular flexibility index (Phi) is 4.62. The molecule has 1 fully saturated rings. The van der Waals surface area contributed by atoms with Gasteiger partial charge in [0.15, 0.2) is 0 Å². The van der Waals surface area contributed by atoms with Crippen molar-refractivity contribution in [3.05, 3.63) is 0 Å². The molecule has 0 amide bonds. The van der Waals surface area contributed by atoms with Crippen LogP contribution in [0.2, 0.25) is 0 Å². The van der Waals surface area contributed by atoms with E-state index < -0.39 is 0 Å². The van der Waals surface area contributed by atoms with Crippen LogP contribution in [0, 0.1) is 5.92 Å². The van der Waals surface area contributed by atoms with E-state index in [1.807, 2.05) is 0 Å². The second kappa shape index (κ2) is 5.55. The van der Waals surface area contributed by atoms with Crippen LogP contribution in [0.3, 0.4) is 0 Å². The number of rotatable bonds is 4. The molecule has 1 unspecified atom stereocenters. The first kappa shape index (κ1) is 10.0. The van der Waals surface area contributed by atoms with E-state index in [1.165, 1.54) is 38.5 Å². The van der Waals surface area contributed by atoms with Gasteiger partial charge in [-0.2, -0.15) is 0 Å². The lowest BCUT2D eigenvalue weighted by atomic mass is 9.86. The summed E-state index contributed by atoms with van der Waals surface area (Å²) in [6.07, 6.45) is 9.36. The lowest BCUT2D eigenvalue weighted by Gasteiger charge is -2.22. The Balaban J connectivity index is 2.05.